The van der Waals surface area contributed by atoms with Gasteiger partial charge in [0.1, 0.15) is 5.82 Å². The minimum absolute atomic E-state index is 0.0253. The Balaban J connectivity index is 2.18. The van der Waals surface area contributed by atoms with Crippen molar-refractivity contribution in [3.05, 3.63) is 81.9 Å². The molecule has 8 nitrogen and oxygen atoms in total. The number of nitrogens with one attached hydrogen (secondary N) is 1. The highest BCUT2D eigenvalue weighted by Gasteiger charge is 2.47. The molecule has 1 N–H and O–H groups in total. The van der Waals surface area contributed by atoms with Gasteiger partial charge in [-0.25, -0.2) is 22.9 Å². The quantitative estimate of drug-likeness (QED) is 0.0847. The second kappa shape index (κ2) is 16.8. The zero-order valence-corrected chi connectivity index (χ0v) is 35.8. The van der Waals surface area contributed by atoms with Crippen molar-refractivity contribution in [2.45, 2.75) is 128 Å². The Bertz CT molecular complexity index is 1790. The zero-order chi connectivity index (χ0) is 43.0. The predicted octanol–water partition coefficient (Wildman–Crippen LogP) is 10.4. The predicted molar refractivity (Wildman–Crippen MR) is 205 cm³/mol. The first kappa shape index (κ1) is 46.9. The molecule has 1 aliphatic heterocycles. The van der Waals surface area contributed by atoms with Crippen molar-refractivity contribution in [1.29, 1.82) is 0 Å². The van der Waals surface area contributed by atoms with Crippen LogP contribution in [0.15, 0.2) is 48.2 Å². The summed E-state index contributed by atoms with van der Waals surface area (Å²) in [6, 6.07) is 2.40. The van der Waals surface area contributed by atoms with Crippen LogP contribution in [0.25, 0.3) is 0 Å². The van der Waals surface area contributed by atoms with Crippen molar-refractivity contribution in [2.75, 3.05) is 20.7 Å². The molecule has 0 aromatic heterocycles. The first-order valence-corrected chi connectivity index (χ1v) is 22.2. The van der Waals surface area contributed by atoms with Crippen molar-refractivity contribution < 1.29 is 53.7 Å². The lowest BCUT2D eigenvalue weighted by Crippen LogP contribution is -2.59. The van der Waals surface area contributed by atoms with Gasteiger partial charge in [0.2, 0.25) is 0 Å². The molecule has 1 aliphatic rings. The first-order chi connectivity index (χ1) is 25.3. The van der Waals surface area contributed by atoms with Gasteiger partial charge >= 0.3 is 24.4 Å². The van der Waals surface area contributed by atoms with Gasteiger partial charge in [-0.15, -0.1) is 0 Å². The standard InChI is InChI=1S/C39H54F7N3O5SSi/c1-24-19-29(40)13-14-30(24)31-23-37(47-55(52)35(3,4)5,16-15-32(33(50)53-10)54-56(11,12)36(6,7)8)17-18-49(31)34(51)48(9)25(2)26-20-27(38(41,42)43)22-28(21-26)39(44,45)46/h13-15,19-22,25,31,47H,16-18,23H2,1-12H3. The van der Waals surface area contributed by atoms with Gasteiger partial charge in [-0.2, -0.15) is 26.3 Å². The van der Waals surface area contributed by atoms with Crippen LogP contribution >= 0.6 is 0 Å². The largest absolute Gasteiger partial charge is 0.539 e. The van der Waals surface area contributed by atoms with Crippen molar-refractivity contribution in [2.24, 2.45) is 0 Å². The lowest BCUT2D eigenvalue weighted by atomic mass is 9.78. The monoisotopic (exact) mass is 837 g/mol. The molecule has 2 aromatic carbocycles. The number of carbonyl (C=O) groups is 2. The van der Waals surface area contributed by atoms with E-state index in [0.717, 1.165) is 4.90 Å². The zero-order valence-electron chi connectivity index (χ0n) is 34.0. The summed E-state index contributed by atoms with van der Waals surface area (Å²) in [6.45, 7) is 18.2. The summed E-state index contributed by atoms with van der Waals surface area (Å²) in [5.41, 5.74) is -3.49. The number of hydrogen-bond acceptors (Lipinski definition) is 5. The summed E-state index contributed by atoms with van der Waals surface area (Å²) in [6.07, 6.45) is -8.31. The topological polar surface area (TPSA) is 88.2 Å². The number of esters is 1. The molecular weight excluding hydrogens is 784 g/mol. The number of likely N-dealkylation sites (tertiary alicyclic amines) is 1. The molecule has 0 radical (unpaired) electrons. The molecule has 0 aliphatic carbocycles. The third kappa shape index (κ3) is 11.1. The highest BCUT2D eigenvalue weighted by atomic mass is 32.2. The summed E-state index contributed by atoms with van der Waals surface area (Å²) in [7, 11) is -1.74. The average Bonchev–Trinajstić information content (AvgIpc) is 3.06. The third-order valence-electron chi connectivity index (χ3n) is 10.7. The Hall–Kier alpha value is -3.44. The van der Waals surface area contributed by atoms with Crippen molar-refractivity contribution >= 4 is 31.3 Å². The van der Waals surface area contributed by atoms with Crippen molar-refractivity contribution in [3.8, 4) is 0 Å². The molecule has 1 heterocycles. The number of methoxy groups -OCH3 is 1. The summed E-state index contributed by atoms with van der Waals surface area (Å²) < 4.78 is 125. The molecule has 17 heteroatoms. The number of halogens is 7. The van der Waals surface area contributed by atoms with E-state index in [0.29, 0.717) is 23.3 Å². The Morgan fingerprint density at radius 1 is 1.02 bits per heavy atom. The summed E-state index contributed by atoms with van der Waals surface area (Å²) in [5.74, 6) is -1.27. The smallest absolute Gasteiger partial charge is 0.416 e. The molecule has 56 heavy (non-hydrogen) atoms. The van der Waals surface area contributed by atoms with E-state index in [-0.39, 0.29) is 48.2 Å². The fraction of sp³-hybridized carbons (Fsp3) is 0.590. The number of urea groups is 1. The Morgan fingerprint density at radius 3 is 2.04 bits per heavy atom. The van der Waals surface area contributed by atoms with Crippen LogP contribution in [0.5, 0.6) is 0 Å². The number of aryl methyl sites for hydroxylation is 1. The van der Waals surface area contributed by atoms with Gasteiger partial charge < -0.3 is 19.0 Å². The molecule has 2 aromatic rings. The van der Waals surface area contributed by atoms with Crippen LogP contribution < -0.4 is 4.72 Å². The number of amides is 2. The van der Waals surface area contributed by atoms with Gasteiger partial charge in [0.05, 0.1) is 46.1 Å². The lowest BCUT2D eigenvalue weighted by Gasteiger charge is -2.49. The fourth-order valence-electron chi connectivity index (χ4n) is 6.06. The average molecular weight is 838 g/mol. The van der Waals surface area contributed by atoms with Crippen molar-refractivity contribution in [1.82, 2.24) is 14.5 Å². The van der Waals surface area contributed by atoms with Gasteiger partial charge in [-0.1, -0.05) is 26.8 Å². The molecule has 4 unspecified atom stereocenters. The number of nitrogens with zero attached hydrogens (tertiary/aromatic N) is 2. The molecule has 1 saturated heterocycles. The molecule has 4 atom stereocenters. The molecule has 1 fully saturated rings. The van der Waals surface area contributed by atoms with Crippen LogP contribution in [-0.2, 0) is 37.3 Å². The Morgan fingerprint density at radius 2 is 1.57 bits per heavy atom. The van der Waals surface area contributed by atoms with Crippen LogP contribution in [-0.4, -0.2) is 65.3 Å². The number of alkyl halides is 6. The van der Waals surface area contributed by atoms with Crippen molar-refractivity contribution in [3.63, 3.8) is 0 Å². The molecule has 314 valence electrons. The number of hydrogen-bond donors (Lipinski definition) is 1. The van der Waals surface area contributed by atoms with Crippen LogP contribution in [0.1, 0.15) is 108 Å². The summed E-state index contributed by atoms with van der Waals surface area (Å²) >= 11 is 0. The number of carbonyl (C=O) groups excluding carboxylic acids is 2. The van der Waals surface area contributed by atoms with E-state index in [4.69, 9.17) is 9.16 Å². The number of rotatable bonds is 10. The lowest BCUT2D eigenvalue weighted by molar-refractivity contribution is -0.143. The first-order valence-electron chi connectivity index (χ1n) is 18.1. The molecule has 3 rings (SSSR count). The SMILES string of the molecule is COC(=O)C(=CCC1(NS(=O)C(C)(C)C)CCN(C(=O)N(C)C(C)c2cc(C(F)(F)F)cc(C(F)(F)F)c2)C(c2ccc(F)cc2C)C1)O[Si](C)(C)C(C)(C)C. The number of ether oxygens (including phenoxy) is 1. The van der Waals surface area contributed by atoms with E-state index in [1.54, 1.807) is 33.8 Å². The normalized spacial score (nSPS) is 20.0. The second-order valence-corrected chi connectivity index (χ2v) is 23.7. The summed E-state index contributed by atoms with van der Waals surface area (Å²) in [4.78, 5) is 30.0. The van der Waals surface area contributed by atoms with E-state index in [9.17, 15) is 44.5 Å². The molecule has 0 saturated carbocycles. The van der Waals surface area contributed by atoms with Gasteiger partial charge in [0.15, 0.2) is 5.76 Å². The maximum Gasteiger partial charge on any atom is 0.416 e. The maximum atomic E-state index is 14.5. The van der Waals surface area contributed by atoms with E-state index >= 15 is 0 Å². The van der Waals surface area contributed by atoms with E-state index in [1.807, 2.05) is 33.9 Å². The number of piperidine rings is 1. The molecule has 0 bridgehead atoms. The summed E-state index contributed by atoms with van der Waals surface area (Å²) in [5, 5.41) is -0.285. The Kier molecular flexibility index (Phi) is 14.1. The Labute approximate surface area is 328 Å². The number of benzene rings is 2. The molecule has 0 spiro atoms. The highest BCUT2D eigenvalue weighted by molar-refractivity contribution is 7.84. The highest BCUT2D eigenvalue weighted by Crippen LogP contribution is 2.44. The van der Waals surface area contributed by atoms with Crippen LogP contribution in [0.4, 0.5) is 35.5 Å². The second-order valence-electron chi connectivity index (χ2n) is 17.0. The van der Waals surface area contributed by atoms with E-state index in [1.165, 1.54) is 44.2 Å². The van der Waals surface area contributed by atoms with Gasteiger partial charge in [-0.05, 0) is 125 Å². The van der Waals surface area contributed by atoms with Gasteiger partial charge in [0.25, 0.3) is 8.32 Å². The van der Waals surface area contributed by atoms with E-state index < -0.39 is 83.0 Å². The molecular formula is C39H54F7N3O5SSi. The fourth-order valence-corrected chi connectivity index (χ4v) is 8.05. The van der Waals surface area contributed by atoms with Crippen LogP contribution in [0.3, 0.4) is 0 Å². The van der Waals surface area contributed by atoms with Crippen LogP contribution in [0.2, 0.25) is 18.1 Å². The third-order valence-corrected chi connectivity index (χ3v) is 16.8. The van der Waals surface area contributed by atoms with Gasteiger partial charge in [0, 0.05) is 19.1 Å². The van der Waals surface area contributed by atoms with Gasteiger partial charge in [-0.3, -0.25) is 0 Å². The minimum Gasteiger partial charge on any atom is -0.539 e. The van der Waals surface area contributed by atoms with E-state index in [2.05, 4.69) is 4.72 Å². The molecule has 2 amide bonds. The van der Waals surface area contributed by atoms with Crippen LogP contribution in [0, 0.1) is 12.7 Å². The minimum atomic E-state index is -5.09. The maximum absolute atomic E-state index is 14.5.